The van der Waals surface area contributed by atoms with Crippen molar-refractivity contribution in [1.29, 1.82) is 0 Å². The number of hydrogen-bond donors (Lipinski definition) is 2. The number of hydrogen-bond acceptors (Lipinski definition) is 3. The summed E-state index contributed by atoms with van der Waals surface area (Å²) in [6.07, 6.45) is -2.90. The van der Waals surface area contributed by atoms with Crippen LogP contribution < -0.4 is 5.32 Å². The molecule has 0 unspecified atom stereocenters. The van der Waals surface area contributed by atoms with E-state index in [1.54, 1.807) is 12.2 Å². The summed E-state index contributed by atoms with van der Waals surface area (Å²) in [6.45, 7) is 0. The largest absolute Gasteiger partial charge is 0.481 e. The summed E-state index contributed by atoms with van der Waals surface area (Å²) in [5, 5.41) is 11.5. The van der Waals surface area contributed by atoms with Crippen molar-refractivity contribution >= 4 is 29.2 Å². The van der Waals surface area contributed by atoms with E-state index in [9.17, 15) is 27.9 Å². The molecule has 24 heavy (non-hydrogen) atoms. The van der Waals surface area contributed by atoms with Gasteiger partial charge in [0.2, 0.25) is 5.91 Å². The van der Waals surface area contributed by atoms with E-state index in [0.29, 0.717) is 6.07 Å². The minimum atomic E-state index is -4.59. The van der Waals surface area contributed by atoms with Crippen LogP contribution >= 0.6 is 11.6 Å². The van der Waals surface area contributed by atoms with E-state index in [2.05, 4.69) is 5.32 Å². The number of benzene rings is 1. The highest BCUT2D eigenvalue weighted by Gasteiger charge is 2.53. The van der Waals surface area contributed by atoms with Gasteiger partial charge in [-0.2, -0.15) is 13.2 Å². The van der Waals surface area contributed by atoms with E-state index in [-0.39, 0.29) is 10.7 Å². The van der Waals surface area contributed by atoms with Crippen LogP contribution in [0.4, 0.5) is 18.9 Å². The van der Waals surface area contributed by atoms with E-state index in [1.165, 1.54) is 0 Å². The van der Waals surface area contributed by atoms with Gasteiger partial charge in [-0.05, 0) is 18.2 Å². The first-order chi connectivity index (χ1) is 11.2. The van der Waals surface area contributed by atoms with Crippen LogP contribution in [0.2, 0.25) is 5.02 Å². The van der Waals surface area contributed by atoms with E-state index >= 15 is 0 Å². The zero-order valence-electron chi connectivity index (χ0n) is 11.9. The molecular weight excluding hydrogens is 351 g/mol. The number of ether oxygens (including phenoxy) is 1. The Morgan fingerprint density at radius 3 is 2.38 bits per heavy atom. The zero-order valence-corrected chi connectivity index (χ0v) is 12.6. The van der Waals surface area contributed by atoms with Gasteiger partial charge >= 0.3 is 12.1 Å². The monoisotopic (exact) mass is 361 g/mol. The van der Waals surface area contributed by atoms with Gasteiger partial charge in [-0.25, -0.2) is 0 Å². The number of fused-ring (bicyclic) bond motifs is 2. The number of nitrogens with one attached hydrogen (secondary N) is 1. The van der Waals surface area contributed by atoms with Crippen molar-refractivity contribution in [3.05, 3.63) is 40.9 Å². The third-order valence-electron chi connectivity index (χ3n) is 4.04. The number of carboxylic acid groups (broad SMARTS) is 1. The molecule has 0 spiro atoms. The SMILES string of the molecule is O=C(O)[C@H]1[C@H](C(=O)Nc2cc(C(F)(F)F)ccc2Cl)[C@H]2C=C[C@H]1O2. The molecule has 0 saturated carbocycles. The summed E-state index contributed by atoms with van der Waals surface area (Å²) < 4.78 is 43.7. The van der Waals surface area contributed by atoms with Gasteiger partial charge in [-0.15, -0.1) is 0 Å². The van der Waals surface area contributed by atoms with Crippen LogP contribution in [-0.4, -0.2) is 29.2 Å². The third-order valence-corrected chi connectivity index (χ3v) is 4.37. The van der Waals surface area contributed by atoms with Crippen molar-refractivity contribution in [2.75, 3.05) is 5.32 Å². The lowest BCUT2D eigenvalue weighted by Gasteiger charge is -2.21. The fraction of sp³-hybridized carbons (Fsp3) is 0.333. The fourth-order valence-corrected chi connectivity index (χ4v) is 3.09. The summed E-state index contributed by atoms with van der Waals surface area (Å²) in [5.41, 5.74) is -1.20. The molecule has 2 N–H and O–H groups in total. The molecule has 4 atom stereocenters. The van der Waals surface area contributed by atoms with Crippen LogP contribution in [0.1, 0.15) is 5.56 Å². The Bertz CT molecular complexity index is 734. The first-order valence-electron chi connectivity index (χ1n) is 6.92. The molecule has 5 nitrogen and oxygen atoms in total. The van der Waals surface area contributed by atoms with E-state index in [0.717, 1.165) is 12.1 Å². The first-order valence-corrected chi connectivity index (χ1v) is 7.30. The second-order valence-electron chi connectivity index (χ2n) is 5.52. The fourth-order valence-electron chi connectivity index (χ4n) is 2.93. The smallest absolute Gasteiger partial charge is 0.416 e. The Morgan fingerprint density at radius 1 is 1.17 bits per heavy atom. The molecule has 1 amide bonds. The van der Waals surface area contributed by atoms with E-state index in [4.69, 9.17) is 16.3 Å². The molecular formula is C15H11ClF3NO4. The Hall–Kier alpha value is -2.06. The second kappa shape index (κ2) is 5.78. The van der Waals surface area contributed by atoms with Crippen molar-refractivity contribution in [2.45, 2.75) is 18.4 Å². The van der Waals surface area contributed by atoms with Crippen LogP contribution in [0.3, 0.4) is 0 Å². The second-order valence-corrected chi connectivity index (χ2v) is 5.93. The Kier molecular flexibility index (Phi) is 4.05. The average molecular weight is 362 g/mol. The van der Waals surface area contributed by atoms with Crippen molar-refractivity contribution in [3.8, 4) is 0 Å². The highest BCUT2D eigenvalue weighted by molar-refractivity contribution is 6.33. The van der Waals surface area contributed by atoms with Gasteiger partial charge in [0.25, 0.3) is 0 Å². The summed E-state index contributed by atoms with van der Waals surface area (Å²) in [5.74, 6) is -4.09. The summed E-state index contributed by atoms with van der Waals surface area (Å²) in [4.78, 5) is 23.7. The summed E-state index contributed by atoms with van der Waals surface area (Å²) in [7, 11) is 0. The van der Waals surface area contributed by atoms with Gasteiger partial charge in [-0.1, -0.05) is 23.8 Å². The van der Waals surface area contributed by atoms with Gasteiger partial charge in [0.1, 0.15) is 5.92 Å². The van der Waals surface area contributed by atoms with Crippen LogP contribution in [0.15, 0.2) is 30.4 Å². The number of carboxylic acids is 1. The zero-order chi connectivity index (χ0) is 17.6. The minimum absolute atomic E-state index is 0.0807. The highest BCUT2D eigenvalue weighted by Crippen LogP contribution is 2.40. The molecule has 2 aliphatic rings. The minimum Gasteiger partial charge on any atom is -0.481 e. The Labute approximate surface area is 139 Å². The number of rotatable bonds is 3. The number of alkyl halides is 3. The lowest BCUT2D eigenvalue weighted by atomic mass is 9.82. The Morgan fingerprint density at radius 2 is 1.79 bits per heavy atom. The topological polar surface area (TPSA) is 75.6 Å². The number of aliphatic carboxylic acids is 1. The number of anilines is 1. The lowest BCUT2D eigenvalue weighted by Crippen LogP contribution is -2.39. The average Bonchev–Trinajstić information content (AvgIpc) is 3.08. The van der Waals surface area contributed by atoms with Crippen molar-refractivity contribution in [3.63, 3.8) is 0 Å². The number of halogens is 4. The molecule has 2 bridgehead atoms. The van der Waals surface area contributed by atoms with E-state index < -0.39 is 47.7 Å². The molecule has 0 radical (unpaired) electrons. The molecule has 1 fully saturated rings. The quantitative estimate of drug-likeness (QED) is 0.812. The molecule has 0 aromatic heterocycles. The number of carbonyl (C=O) groups excluding carboxylic acids is 1. The molecule has 2 aliphatic heterocycles. The molecule has 2 heterocycles. The van der Waals surface area contributed by atoms with Crippen LogP contribution in [0.5, 0.6) is 0 Å². The standard InChI is InChI=1S/C15H11ClF3NO4/c16-7-2-1-6(15(17,18)19)5-8(7)20-13(21)11-9-3-4-10(24-9)12(11)14(22)23/h1-5,9-12H,(H,20,21)(H,22,23)/t9-,10-,11-,12-/m1/s1. The molecule has 3 rings (SSSR count). The maximum absolute atomic E-state index is 12.8. The van der Waals surface area contributed by atoms with Gasteiger partial charge in [0.15, 0.2) is 0 Å². The summed E-state index contributed by atoms with van der Waals surface area (Å²) >= 11 is 5.83. The highest BCUT2D eigenvalue weighted by atomic mass is 35.5. The molecule has 9 heteroatoms. The maximum Gasteiger partial charge on any atom is 0.416 e. The normalized spacial score (nSPS) is 28.2. The van der Waals surface area contributed by atoms with Crippen LogP contribution in [-0.2, 0) is 20.5 Å². The number of amides is 1. The van der Waals surface area contributed by atoms with Crippen molar-refractivity contribution in [2.24, 2.45) is 11.8 Å². The van der Waals surface area contributed by atoms with Gasteiger partial charge in [-0.3, -0.25) is 9.59 Å². The molecule has 1 aromatic carbocycles. The molecule has 128 valence electrons. The molecule has 0 aliphatic carbocycles. The van der Waals surface area contributed by atoms with Crippen molar-refractivity contribution < 1.29 is 32.6 Å². The molecule has 1 aromatic rings. The van der Waals surface area contributed by atoms with Crippen LogP contribution in [0, 0.1) is 11.8 Å². The van der Waals surface area contributed by atoms with Gasteiger partial charge in [0, 0.05) is 0 Å². The predicted molar refractivity (Wildman–Crippen MR) is 77.5 cm³/mol. The summed E-state index contributed by atoms with van der Waals surface area (Å²) in [6, 6.07) is 2.52. The lowest BCUT2D eigenvalue weighted by molar-refractivity contribution is -0.145. The van der Waals surface area contributed by atoms with Crippen LogP contribution in [0.25, 0.3) is 0 Å². The Balaban J connectivity index is 1.85. The van der Waals surface area contributed by atoms with Gasteiger partial charge in [0.05, 0.1) is 34.4 Å². The van der Waals surface area contributed by atoms with Gasteiger partial charge < -0.3 is 15.2 Å². The third kappa shape index (κ3) is 2.87. The predicted octanol–water partition coefficient (Wildman–Crippen LogP) is 2.95. The maximum atomic E-state index is 12.8. The number of carbonyl (C=O) groups is 2. The van der Waals surface area contributed by atoms with E-state index in [1.807, 2.05) is 0 Å². The molecule has 1 saturated heterocycles. The van der Waals surface area contributed by atoms with Crippen molar-refractivity contribution in [1.82, 2.24) is 0 Å². The first kappa shape index (κ1) is 16.8.